The van der Waals surface area contributed by atoms with Gasteiger partial charge >= 0.3 is 0 Å². The molecule has 4 heteroatoms. The summed E-state index contributed by atoms with van der Waals surface area (Å²) < 4.78 is 0. The van der Waals surface area contributed by atoms with Crippen LogP contribution >= 0.6 is 23.2 Å². The minimum absolute atomic E-state index is 0.641. The lowest BCUT2D eigenvalue weighted by atomic mass is 10.1. The fourth-order valence-corrected chi connectivity index (χ4v) is 2.51. The molecule has 0 atom stereocenters. The van der Waals surface area contributed by atoms with Crippen LogP contribution in [-0.4, -0.2) is 13.1 Å². The Kier molecular flexibility index (Phi) is 5.16. The quantitative estimate of drug-likeness (QED) is 0.748. The van der Waals surface area contributed by atoms with Crippen molar-refractivity contribution in [1.82, 2.24) is 0 Å². The van der Waals surface area contributed by atoms with Crippen molar-refractivity contribution >= 4 is 34.6 Å². The van der Waals surface area contributed by atoms with Crippen LogP contribution in [0, 0.1) is 13.8 Å². The maximum atomic E-state index is 5.96. The highest BCUT2D eigenvalue weighted by molar-refractivity contribution is 6.35. The van der Waals surface area contributed by atoms with Gasteiger partial charge in [0.05, 0.1) is 0 Å². The second-order valence-electron chi connectivity index (χ2n) is 4.83. The van der Waals surface area contributed by atoms with E-state index in [1.807, 2.05) is 12.1 Å². The molecule has 2 rings (SSSR count). The Bertz CT molecular complexity index is 577. The van der Waals surface area contributed by atoms with E-state index in [9.17, 15) is 0 Å². The van der Waals surface area contributed by atoms with Crippen molar-refractivity contribution < 1.29 is 0 Å². The smallest absolute Gasteiger partial charge is 0.0441 e. The monoisotopic (exact) mass is 308 g/mol. The van der Waals surface area contributed by atoms with Gasteiger partial charge in [-0.2, -0.15) is 0 Å². The molecule has 0 saturated carbocycles. The number of hydrogen-bond acceptors (Lipinski definition) is 2. The van der Waals surface area contributed by atoms with Crippen LogP contribution in [0.3, 0.4) is 0 Å². The van der Waals surface area contributed by atoms with E-state index in [0.29, 0.717) is 10.0 Å². The predicted molar refractivity (Wildman–Crippen MR) is 89.4 cm³/mol. The normalized spacial score (nSPS) is 10.4. The molecule has 0 radical (unpaired) electrons. The Hall–Kier alpha value is -1.38. The summed E-state index contributed by atoms with van der Waals surface area (Å²) in [5.41, 5.74) is 4.62. The zero-order valence-electron chi connectivity index (χ0n) is 11.6. The maximum Gasteiger partial charge on any atom is 0.0441 e. The Balaban J connectivity index is 1.86. The Morgan fingerprint density at radius 1 is 0.850 bits per heavy atom. The van der Waals surface area contributed by atoms with Gasteiger partial charge in [0.2, 0.25) is 0 Å². The van der Waals surface area contributed by atoms with Gasteiger partial charge in [-0.15, -0.1) is 0 Å². The summed E-state index contributed by atoms with van der Waals surface area (Å²) in [7, 11) is 0. The van der Waals surface area contributed by atoms with Gasteiger partial charge in [0.25, 0.3) is 0 Å². The first-order chi connectivity index (χ1) is 9.54. The lowest BCUT2D eigenvalue weighted by molar-refractivity contribution is 1.07. The van der Waals surface area contributed by atoms with Crippen LogP contribution in [-0.2, 0) is 0 Å². The largest absolute Gasteiger partial charge is 0.383 e. The van der Waals surface area contributed by atoms with Gasteiger partial charge in [0, 0.05) is 34.5 Å². The van der Waals surface area contributed by atoms with Crippen LogP contribution in [0.4, 0.5) is 11.4 Å². The molecule has 2 nitrogen and oxygen atoms in total. The summed E-state index contributed by atoms with van der Waals surface area (Å²) in [6.07, 6.45) is 0. The van der Waals surface area contributed by atoms with Gasteiger partial charge in [-0.05, 0) is 49.2 Å². The molecule has 0 saturated heterocycles. The number of halogens is 2. The molecule has 0 unspecified atom stereocenters. The molecule has 0 aliphatic rings. The standard InChI is InChI=1S/C16H18Cl2N2/c1-11-3-4-12(2)16(7-11)20-6-5-19-15-9-13(17)8-14(18)10-15/h3-4,7-10,19-20H,5-6H2,1-2H3. The average molecular weight is 309 g/mol. The molecule has 0 fully saturated rings. The number of anilines is 2. The fourth-order valence-electron chi connectivity index (χ4n) is 1.99. The van der Waals surface area contributed by atoms with Crippen molar-refractivity contribution in [2.24, 2.45) is 0 Å². The van der Waals surface area contributed by atoms with Crippen molar-refractivity contribution in [3.05, 3.63) is 57.6 Å². The molecule has 2 aromatic rings. The molecule has 0 amide bonds. The van der Waals surface area contributed by atoms with E-state index in [4.69, 9.17) is 23.2 Å². The molecule has 0 aliphatic heterocycles. The van der Waals surface area contributed by atoms with Gasteiger partial charge < -0.3 is 10.6 Å². The van der Waals surface area contributed by atoms with Gasteiger partial charge in [0.1, 0.15) is 0 Å². The van der Waals surface area contributed by atoms with Gasteiger partial charge in [-0.25, -0.2) is 0 Å². The highest BCUT2D eigenvalue weighted by atomic mass is 35.5. The SMILES string of the molecule is Cc1ccc(C)c(NCCNc2cc(Cl)cc(Cl)c2)c1. The maximum absolute atomic E-state index is 5.96. The topological polar surface area (TPSA) is 24.1 Å². The van der Waals surface area contributed by atoms with Crippen LogP contribution in [0.1, 0.15) is 11.1 Å². The van der Waals surface area contributed by atoms with E-state index in [-0.39, 0.29) is 0 Å². The first-order valence-corrected chi connectivity index (χ1v) is 7.31. The van der Waals surface area contributed by atoms with E-state index < -0.39 is 0 Å². The van der Waals surface area contributed by atoms with Crippen molar-refractivity contribution in [1.29, 1.82) is 0 Å². The zero-order chi connectivity index (χ0) is 14.5. The molecule has 0 aromatic heterocycles. The first-order valence-electron chi connectivity index (χ1n) is 6.56. The second kappa shape index (κ2) is 6.87. The van der Waals surface area contributed by atoms with Crippen LogP contribution in [0.15, 0.2) is 36.4 Å². The summed E-state index contributed by atoms with van der Waals surface area (Å²) in [4.78, 5) is 0. The number of hydrogen-bond donors (Lipinski definition) is 2. The van der Waals surface area contributed by atoms with Crippen LogP contribution in [0.2, 0.25) is 10.0 Å². The lowest BCUT2D eigenvalue weighted by Crippen LogP contribution is -2.14. The lowest BCUT2D eigenvalue weighted by Gasteiger charge is -2.12. The van der Waals surface area contributed by atoms with E-state index in [0.717, 1.165) is 18.8 Å². The third-order valence-corrected chi connectivity index (χ3v) is 3.46. The molecular weight excluding hydrogens is 291 g/mol. The molecule has 20 heavy (non-hydrogen) atoms. The molecule has 0 heterocycles. The Labute approximate surface area is 130 Å². The van der Waals surface area contributed by atoms with Gasteiger partial charge in [0.15, 0.2) is 0 Å². The van der Waals surface area contributed by atoms with Crippen LogP contribution < -0.4 is 10.6 Å². The summed E-state index contributed by atoms with van der Waals surface area (Å²) >= 11 is 11.9. The molecule has 0 aliphatic carbocycles. The molecule has 2 N–H and O–H groups in total. The van der Waals surface area contributed by atoms with E-state index in [2.05, 4.69) is 42.7 Å². The Morgan fingerprint density at radius 3 is 2.20 bits per heavy atom. The van der Waals surface area contributed by atoms with Crippen molar-refractivity contribution in [3.8, 4) is 0 Å². The number of rotatable bonds is 5. The average Bonchev–Trinajstić information content (AvgIpc) is 2.37. The highest BCUT2D eigenvalue weighted by Crippen LogP contribution is 2.22. The molecule has 106 valence electrons. The van der Waals surface area contributed by atoms with Crippen molar-refractivity contribution in [3.63, 3.8) is 0 Å². The van der Waals surface area contributed by atoms with Crippen LogP contribution in [0.5, 0.6) is 0 Å². The highest BCUT2D eigenvalue weighted by Gasteiger charge is 1.99. The summed E-state index contributed by atoms with van der Waals surface area (Å²) in [6, 6.07) is 11.9. The summed E-state index contributed by atoms with van der Waals surface area (Å²) in [5, 5.41) is 8.01. The number of benzene rings is 2. The first kappa shape index (κ1) is 15.0. The van der Waals surface area contributed by atoms with E-state index in [1.54, 1.807) is 6.07 Å². The zero-order valence-corrected chi connectivity index (χ0v) is 13.1. The van der Waals surface area contributed by atoms with Crippen molar-refractivity contribution in [2.75, 3.05) is 23.7 Å². The number of aryl methyl sites for hydroxylation is 2. The molecule has 0 bridgehead atoms. The number of nitrogens with one attached hydrogen (secondary N) is 2. The van der Waals surface area contributed by atoms with Crippen molar-refractivity contribution in [2.45, 2.75) is 13.8 Å². The predicted octanol–water partition coefficient (Wildman–Crippen LogP) is 5.13. The minimum Gasteiger partial charge on any atom is -0.383 e. The third-order valence-electron chi connectivity index (χ3n) is 3.03. The minimum atomic E-state index is 0.641. The summed E-state index contributed by atoms with van der Waals surface area (Å²) in [5.74, 6) is 0. The van der Waals surface area contributed by atoms with E-state index >= 15 is 0 Å². The van der Waals surface area contributed by atoms with Crippen LogP contribution in [0.25, 0.3) is 0 Å². The molecular formula is C16H18Cl2N2. The molecule has 2 aromatic carbocycles. The van der Waals surface area contributed by atoms with E-state index in [1.165, 1.54) is 16.8 Å². The second-order valence-corrected chi connectivity index (χ2v) is 5.70. The summed E-state index contributed by atoms with van der Waals surface area (Å²) in [6.45, 7) is 5.82. The molecule has 0 spiro atoms. The van der Waals surface area contributed by atoms with Gasteiger partial charge in [-0.3, -0.25) is 0 Å². The Morgan fingerprint density at radius 2 is 1.50 bits per heavy atom. The third kappa shape index (κ3) is 4.32. The fraction of sp³-hybridized carbons (Fsp3) is 0.250. The van der Waals surface area contributed by atoms with Gasteiger partial charge in [-0.1, -0.05) is 35.3 Å².